The summed E-state index contributed by atoms with van der Waals surface area (Å²) in [7, 11) is 1.64. The number of carbonyl (C=O) groups is 1. The molecule has 1 N–H and O–H groups in total. The SMILES string of the molecule is COc1ccc(-n2nc3c(c2NC(=O)c2ccc(-c4ccccc4)cc2)CSC3)cc1. The van der Waals surface area contributed by atoms with Gasteiger partial charge >= 0.3 is 0 Å². The molecule has 0 aliphatic carbocycles. The van der Waals surface area contributed by atoms with Crippen molar-refractivity contribution < 1.29 is 9.53 Å². The third-order valence-electron chi connectivity index (χ3n) is 5.36. The van der Waals surface area contributed by atoms with Crippen LogP contribution in [0.15, 0.2) is 78.9 Å². The van der Waals surface area contributed by atoms with E-state index in [0.29, 0.717) is 5.56 Å². The molecule has 0 saturated carbocycles. The van der Waals surface area contributed by atoms with Gasteiger partial charge in [0.05, 0.1) is 18.5 Å². The molecular weight excluding hydrogens is 406 g/mol. The third kappa shape index (κ3) is 3.82. The molecule has 3 aromatic carbocycles. The number of anilines is 1. The molecule has 0 spiro atoms. The van der Waals surface area contributed by atoms with Crippen LogP contribution in [0.3, 0.4) is 0 Å². The smallest absolute Gasteiger partial charge is 0.256 e. The fourth-order valence-electron chi connectivity index (χ4n) is 3.68. The van der Waals surface area contributed by atoms with Crippen molar-refractivity contribution in [2.75, 3.05) is 12.4 Å². The minimum atomic E-state index is -0.144. The fourth-order valence-corrected chi connectivity index (χ4v) is 4.71. The number of rotatable bonds is 5. The predicted octanol–water partition coefficient (Wildman–Crippen LogP) is 5.55. The normalized spacial score (nSPS) is 12.4. The molecule has 154 valence electrons. The van der Waals surface area contributed by atoms with Crippen LogP contribution in [0.25, 0.3) is 16.8 Å². The van der Waals surface area contributed by atoms with Gasteiger partial charge in [0.15, 0.2) is 0 Å². The summed E-state index contributed by atoms with van der Waals surface area (Å²) in [6.45, 7) is 0. The van der Waals surface area contributed by atoms with Crippen LogP contribution < -0.4 is 10.1 Å². The number of nitrogens with zero attached hydrogens (tertiary/aromatic N) is 2. The average molecular weight is 428 g/mol. The summed E-state index contributed by atoms with van der Waals surface area (Å²) in [5.74, 6) is 3.07. The molecule has 1 aliphatic heterocycles. The van der Waals surface area contributed by atoms with Crippen LogP contribution in [0.2, 0.25) is 0 Å². The van der Waals surface area contributed by atoms with Crippen LogP contribution in [0.1, 0.15) is 21.6 Å². The summed E-state index contributed by atoms with van der Waals surface area (Å²) in [6.07, 6.45) is 0. The number of thioether (sulfide) groups is 1. The van der Waals surface area contributed by atoms with E-state index in [1.807, 2.05) is 83.2 Å². The van der Waals surface area contributed by atoms with Crippen LogP contribution in [-0.2, 0) is 11.5 Å². The molecule has 31 heavy (non-hydrogen) atoms. The zero-order valence-electron chi connectivity index (χ0n) is 17.0. The van der Waals surface area contributed by atoms with Crippen molar-refractivity contribution in [1.82, 2.24) is 9.78 Å². The van der Waals surface area contributed by atoms with Crippen molar-refractivity contribution in [3.63, 3.8) is 0 Å². The summed E-state index contributed by atoms with van der Waals surface area (Å²) < 4.78 is 7.08. The first-order valence-corrected chi connectivity index (χ1v) is 11.2. The largest absolute Gasteiger partial charge is 0.497 e. The Morgan fingerprint density at radius 2 is 1.65 bits per heavy atom. The van der Waals surface area contributed by atoms with Gasteiger partial charge in [-0.25, -0.2) is 4.68 Å². The zero-order valence-corrected chi connectivity index (χ0v) is 17.9. The molecule has 0 unspecified atom stereocenters. The molecule has 0 fully saturated rings. The molecule has 1 aromatic heterocycles. The summed E-state index contributed by atoms with van der Waals surface area (Å²) in [6, 6.07) is 25.5. The first kappa shape index (κ1) is 19.5. The van der Waals surface area contributed by atoms with Crippen LogP contribution in [0.4, 0.5) is 5.82 Å². The standard InChI is InChI=1S/C25H21N3O2S/c1-30-21-13-11-20(12-14-21)28-24(22-15-31-16-23(22)27-28)26-25(29)19-9-7-18(8-10-19)17-5-3-2-4-6-17/h2-14H,15-16H2,1H3,(H,26,29). The number of ether oxygens (including phenoxy) is 1. The first-order chi connectivity index (χ1) is 15.2. The van der Waals surface area contributed by atoms with E-state index in [2.05, 4.69) is 17.4 Å². The van der Waals surface area contributed by atoms with E-state index in [1.54, 1.807) is 7.11 Å². The Kier molecular flexibility index (Phi) is 5.22. The highest BCUT2D eigenvalue weighted by molar-refractivity contribution is 7.98. The lowest BCUT2D eigenvalue weighted by Gasteiger charge is -2.12. The van der Waals surface area contributed by atoms with Gasteiger partial charge in [-0.2, -0.15) is 16.9 Å². The quantitative estimate of drug-likeness (QED) is 0.454. The Morgan fingerprint density at radius 1 is 0.935 bits per heavy atom. The van der Waals surface area contributed by atoms with Gasteiger partial charge in [0.2, 0.25) is 0 Å². The third-order valence-corrected chi connectivity index (χ3v) is 6.33. The monoisotopic (exact) mass is 427 g/mol. The minimum absolute atomic E-state index is 0.144. The lowest BCUT2D eigenvalue weighted by molar-refractivity contribution is 0.102. The Hall–Kier alpha value is -3.51. The molecular formula is C25H21N3O2S. The second kappa shape index (κ2) is 8.32. The van der Waals surface area contributed by atoms with Gasteiger partial charge in [0.25, 0.3) is 5.91 Å². The van der Waals surface area contributed by atoms with Gasteiger partial charge in [-0.05, 0) is 47.5 Å². The molecule has 4 aromatic rings. The highest BCUT2D eigenvalue weighted by atomic mass is 32.2. The zero-order chi connectivity index (χ0) is 21.2. The number of nitrogens with one attached hydrogen (secondary N) is 1. The Labute approximate surface area is 185 Å². The Morgan fingerprint density at radius 3 is 2.35 bits per heavy atom. The molecule has 1 amide bonds. The average Bonchev–Trinajstić information content (AvgIpc) is 3.42. The van der Waals surface area contributed by atoms with Crippen molar-refractivity contribution in [3.05, 3.63) is 95.7 Å². The number of methoxy groups -OCH3 is 1. The highest BCUT2D eigenvalue weighted by Gasteiger charge is 2.25. The molecule has 0 bridgehead atoms. The minimum Gasteiger partial charge on any atom is -0.497 e. The summed E-state index contributed by atoms with van der Waals surface area (Å²) in [4.78, 5) is 13.1. The first-order valence-electron chi connectivity index (χ1n) is 10.0. The molecule has 2 heterocycles. The van der Waals surface area contributed by atoms with Crippen LogP contribution >= 0.6 is 11.8 Å². The molecule has 5 nitrogen and oxygen atoms in total. The fraction of sp³-hybridized carbons (Fsp3) is 0.120. The molecule has 6 heteroatoms. The topological polar surface area (TPSA) is 56.1 Å². The van der Waals surface area contributed by atoms with Crippen LogP contribution in [0.5, 0.6) is 5.75 Å². The van der Waals surface area contributed by atoms with E-state index in [9.17, 15) is 4.79 Å². The van der Waals surface area contributed by atoms with E-state index < -0.39 is 0 Å². The number of hydrogen-bond acceptors (Lipinski definition) is 4. The number of benzene rings is 3. The molecule has 0 radical (unpaired) electrons. The summed E-state index contributed by atoms with van der Waals surface area (Å²) >= 11 is 1.81. The Bertz CT molecular complexity index is 1220. The van der Waals surface area contributed by atoms with Gasteiger partial charge in [0, 0.05) is 22.6 Å². The van der Waals surface area contributed by atoms with E-state index in [-0.39, 0.29) is 5.91 Å². The van der Waals surface area contributed by atoms with E-state index in [0.717, 1.165) is 51.1 Å². The number of carbonyl (C=O) groups excluding carboxylic acids is 1. The van der Waals surface area contributed by atoms with Crippen molar-refractivity contribution in [2.24, 2.45) is 0 Å². The van der Waals surface area contributed by atoms with E-state index in [4.69, 9.17) is 9.84 Å². The van der Waals surface area contributed by atoms with Crippen LogP contribution in [-0.4, -0.2) is 22.8 Å². The number of hydrogen-bond donors (Lipinski definition) is 1. The van der Waals surface area contributed by atoms with Crippen molar-refractivity contribution >= 4 is 23.5 Å². The molecule has 1 aliphatic rings. The maximum Gasteiger partial charge on any atom is 0.256 e. The lowest BCUT2D eigenvalue weighted by Crippen LogP contribution is -2.16. The van der Waals surface area contributed by atoms with Crippen molar-refractivity contribution in [1.29, 1.82) is 0 Å². The second-order valence-corrected chi connectivity index (χ2v) is 8.26. The number of fused-ring (bicyclic) bond motifs is 1. The van der Waals surface area contributed by atoms with Gasteiger partial charge in [-0.15, -0.1) is 0 Å². The number of aromatic nitrogens is 2. The maximum absolute atomic E-state index is 13.1. The van der Waals surface area contributed by atoms with Crippen LogP contribution in [0, 0.1) is 0 Å². The van der Waals surface area contributed by atoms with Gasteiger partial charge in [0.1, 0.15) is 11.6 Å². The van der Waals surface area contributed by atoms with Crippen molar-refractivity contribution in [3.8, 4) is 22.6 Å². The molecule has 5 rings (SSSR count). The molecule has 0 atom stereocenters. The van der Waals surface area contributed by atoms with Gasteiger partial charge in [-0.1, -0.05) is 42.5 Å². The second-order valence-electron chi connectivity index (χ2n) is 7.27. The van der Waals surface area contributed by atoms with Gasteiger partial charge in [-0.3, -0.25) is 4.79 Å². The van der Waals surface area contributed by atoms with Crippen molar-refractivity contribution in [2.45, 2.75) is 11.5 Å². The summed E-state index contributed by atoms with van der Waals surface area (Å²) in [5.41, 5.74) is 5.82. The number of amides is 1. The predicted molar refractivity (Wildman–Crippen MR) is 125 cm³/mol. The lowest BCUT2D eigenvalue weighted by atomic mass is 10.0. The highest BCUT2D eigenvalue weighted by Crippen LogP contribution is 2.36. The van der Waals surface area contributed by atoms with Gasteiger partial charge < -0.3 is 10.1 Å². The summed E-state index contributed by atoms with van der Waals surface area (Å²) in [5, 5.41) is 7.87. The molecule has 0 saturated heterocycles. The van der Waals surface area contributed by atoms with E-state index >= 15 is 0 Å². The maximum atomic E-state index is 13.1. The van der Waals surface area contributed by atoms with E-state index in [1.165, 1.54) is 0 Å². The Balaban J connectivity index is 1.43.